The number of hydrogen-bond acceptors (Lipinski definition) is 3. The summed E-state index contributed by atoms with van der Waals surface area (Å²) in [6.07, 6.45) is -8.30. The van der Waals surface area contributed by atoms with Gasteiger partial charge in [-0.2, -0.15) is 26.3 Å². The first kappa shape index (κ1) is 27.5. The molecule has 4 rings (SSSR count). The van der Waals surface area contributed by atoms with Crippen molar-refractivity contribution in [2.75, 3.05) is 13.1 Å². The lowest BCUT2D eigenvalue weighted by Crippen LogP contribution is -2.38. The number of aliphatic carboxylic acids is 1. The van der Waals surface area contributed by atoms with Crippen LogP contribution in [-0.4, -0.2) is 41.3 Å². The van der Waals surface area contributed by atoms with E-state index in [0.717, 1.165) is 19.4 Å². The minimum Gasteiger partial charge on any atom is -0.490 e. The number of hydrogen-bond donors (Lipinski definition) is 1. The van der Waals surface area contributed by atoms with Crippen LogP contribution in [0.15, 0.2) is 30.3 Å². The van der Waals surface area contributed by atoms with E-state index >= 15 is 0 Å². The molecule has 0 bridgehead atoms. The fourth-order valence-corrected chi connectivity index (χ4v) is 5.73. The first-order chi connectivity index (χ1) is 17.3. The molecule has 2 fully saturated rings. The van der Waals surface area contributed by atoms with Crippen LogP contribution in [0.5, 0.6) is 5.75 Å². The Morgan fingerprint density at radius 2 is 1.73 bits per heavy atom. The molecule has 1 N–H and O–H groups in total. The van der Waals surface area contributed by atoms with Gasteiger partial charge >= 0.3 is 18.3 Å². The molecule has 1 heterocycles. The van der Waals surface area contributed by atoms with E-state index in [-0.39, 0.29) is 55.2 Å². The summed E-state index contributed by atoms with van der Waals surface area (Å²) in [5.41, 5.74) is -0.240. The van der Waals surface area contributed by atoms with Crippen LogP contribution >= 0.6 is 0 Å². The summed E-state index contributed by atoms with van der Waals surface area (Å²) in [5.74, 6) is -2.67. The molecule has 0 amide bonds. The Labute approximate surface area is 211 Å². The smallest absolute Gasteiger partial charge is 0.420 e. The van der Waals surface area contributed by atoms with Crippen molar-refractivity contribution in [1.29, 1.82) is 0 Å². The van der Waals surface area contributed by atoms with Gasteiger partial charge in [0.1, 0.15) is 11.3 Å². The molecule has 2 aromatic rings. The third-order valence-electron chi connectivity index (χ3n) is 7.77. The fourth-order valence-electron chi connectivity index (χ4n) is 5.73. The van der Waals surface area contributed by atoms with Crippen LogP contribution in [0.1, 0.15) is 69.0 Å². The molecular weight excluding hydrogens is 500 g/mol. The summed E-state index contributed by atoms with van der Waals surface area (Å²) < 4.78 is 87.6. The van der Waals surface area contributed by atoms with Gasteiger partial charge in [0.2, 0.25) is 0 Å². The van der Waals surface area contributed by atoms with Gasteiger partial charge in [-0.05, 0) is 86.4 Å². The summed E-state index contributed by atoms with van der Waals surface area (Å²) in [4.78, 5) is 13.2. The van der Waals surface area contributed by atoms with E-state index in [1.54, 1.807) is 18.2 Å². The first-order valence-electron chi connectivity index (χ1n) is 12.7. The standard InChI is InChI=1S/C27H31F6NO3/c1-16(34-12-2-3-17(15-34)13-24(35)36)19-5-4-18-6-11-23(25(22(18)14-19)27(31,32)33)37-21-9-7-20(8-10-21)26(28,29)30/h4-6,11,14,16-17,20-21H,2-3,7-10,12-13,15H2,1H3,(H,35,36)/t16?,17-,20-,21+/m1/s1. The van der Waals surface area contributed by atoms with Gasteiger partial charge in [0.05, 0.1) is 12.0 Å². The number of benzene rings is 2. The Kier molecular flexibility index (Phi) is 7.97. The molecule has 2 aromatic carbocycles. The SMILES string of the molecule is CC(c1ccc2ccc(O[C@H]3CC[C@@H](C(F)(F)F)CC3)c(C(F)(F)F)c2c1)N1CCC[C@H](CC(=O)O)C1. The molecule has 0 spiro atoms. The minimum atomic E-state index is -4.72. The number of ether oxygens (including phenoxy) is 1. The number of alkyl halides is 6. The lowest BCUT2D eigenvalue weighted by Gasteiger charge is -2.36. The van der Waals surface area contributed by atoms with Crippen molar-refractivity contribution in [3.8, 4) is 5.75 Å². The van der Waals surface area contributed by atoms with Gasteiger partial charge in [0.15, 0.2) is 0 Å². The molecule has 37 heavy (non-hydrogen) atoms. The lowest BCUT2D eigenvalue weighted by atomic mass is 9.87. The molecule has 1 unspecified atom stereocenters. The molecule has 2 atom stereocenters. The Bertz CT molecular complexity index is 1110. The van der Waals surface area contributed by atoms with E-state index in [1.165, 1.54) is 12.1 Å². The largest absolute Gasteiger partial charge is 0.490 e. The van der Waals surface area contributed by atoms with Crippen molar-refractivity contribution < 1.29 is 41.0 Å². The molecular formula is C27H31F6NO3. The van der Waals surface area contributed by atoms with Crippen LogP contribution in [0.25, 0.3) is 10.8 Å². The minimum absolute atomic E-state index is 0.00710. The predicted molar refractivity (Wildman–Crippen MR) is 126 cm³/mol. The molecule has 1 aliphatic heterocycles. The molecule has 1 saturated carbocycles. The normalized spacial score (nSPS) is 24.7. The van der Waals surface area contributed by atoms with Gasteiger partial charge in [-0.3, -0.25) is 9.69 Å². The van der Waals surface area contributed by atoms with E-state index in [2.05, 4.69) is 4.90 Å². The van der Waals surface area contributed by atoms with Gasteiger partial charge < -0.3 is 9.84 Å². The Morgan fingerprint density at radius 1 is 1.05 bits per heavy atom. The number of carbonyl (C=O) groups is 1. The zero-order valence-corrected chi connectivity index (χ0v) is 20.5. The average Bonchev–Trinajstić information content (AvgIpc) is 2.82. The van der Waals surface area contributed by atoms with E-state index < -0.39 is 35.9 Å². The van der Waals surface area contributed by atoms with Crippen molar-refractivity contribution in [3.05, 3.63) is 41.5 Å². The number of likely N-dealkylation sites (tertiary alicyclic amines) is 1. The van der Waals surface area contributed by atoms with Crippen molar-refractivity contribution in [2.24, 2.45) is 11.8 Å². The number of carboxylic acid groups (broad SMARTS) is 1. The van der Waals surface area contributed by atoms with Crippen LogP contribution in [0.4, 0.5) is 26.3 Å². The van der Waals surface area contributed by atoms with Crippen molar-refractivity contribution in [2.45, 2.75) is 76.4 Å². The number of piperidine rings is 1. The van der Waals surface area contributed by atoms with Gasteiger partial charge in [-0.15, -0.1) is 0 Å². The Balaban J connectivity index is 1.60. The number of fused-ring (bicyclic) bond motifs is 1. The second kappa shape index (κ2) is 10.7. The maximum Gasteiger partial charge on any atom is 0.420 e. The van der Waals surface area contributed by atoms with Crippen LogP contribution in [0.3, 0.4) is 0 Å². The summed E-state index contributed by atoms with van der Waals surface area (Å²) in [7, 11) is 0. The zero-order chi connectivity index (χ0) is 27.0. The van der Waals surface area contributed by atoms with Crippen molar-refractivity contribution in [1.82, 2.24) is 4.90 Å². The molecule has 4 nitrogen and oxygen atoms in total. The zero-order valence-electron chi connectivity index (χ0n) is 20.5. The highest BCUT2D eigenvalue weighted by Gasteiger charge is 2.43. The highest BCUT2D eigenvalue weighted by atomic mass is 19.4. The van der Waals surface area contributed by atoms with E-state index in [1.807, 2.05) is 6.92 Å². The van der Waals surface area contributed by atoms with Crippen molar-refractivity contribution >= 4 is 16.7 Å². The molecule has 204 valence electrons. The molecule has 2 aliphatic rings. The first-order valence-corrected chi connectivity index (χ1v) is 12.7. The quantitative estimate of drug-likeness (QED) is 0.390. The third-order valence-corrected chi connectivity index (χ3v) is 7.77. The second-order valence-corrected chi connectivity index (χ2v) is 10.3. The molecule has 1 saturated heterocycles. The summed E-state index contributed by atoms with van der Waals surface area (Å²) in [6, 6.07) is 7.51. The number of nitrogens with zero attached hydrogens (tertiary/aromatic N) is 1. The second-order valence-electron chi connectivity index (χ2n) is 10.3. The monoisotopic (exact) mass is 531 g/mol. The van der Waals surface area contributed by atoms with Crippen LogP contribution in [0, 0.1) is 11.8 Å². The van der Waals surface area contributed by atoms with E-state index in [9.17, 15) is 31.1 Å². The number of halogens is 6. The average molecular weight is 532 g/mol. The number of rotatable bonds is 6. The summed E-state index contributed by atoms with van der Waals surface area (Å²) in [6.45, 7) is 3.18. The van der Waals surface area contributed by atoms with E-state index in [0.29, 0.717) is 17.5 Å². The van der Waals surface area contributed by atoms with E-state index in [4.69, 9.17) is 9.84 Å². The maximum atomic E-state index is 14.3. The highest BCUT2D eigenvalue weighted by molar-refractivity contribution is 5.89. The summed E-state index contributed by atoms with van der Waals surface area (Å²) >= 11 is 0. The molecule has 0 aromatic heterocycles. The lowest BCUT2D eigenvalue weighted by molar-refractivity contribution is -0.185. The van der Waals surface area contributed by atoms with Crippen LogP contribution < -0.4 is 4.74 Å². The maximum absolute atomic E-state index is 14.3. The third kappa shape index (κ3) is 6.51. The Morgan fingerprint density at radius 3 is 2.35 bits per heavy atom. The highest BCUT2D eigenvalue weighted by Crippen LogP contribution is 2.44. The van der Waals surface area contributed by atoms with Gasteiger partial charge in [-0.25, -0.2) is 0 Å². The van der Waals surface area contributed by atoms with Gasteiger partial charge in [0.25, 0.3) is 0 Å². The topological polar surface area (TPSA) is 49.8 Å². The number of carboxylic acids is 1. The molecule has 10 heteroatoms. The molecule has 1 aliphatic carbocycles. The fraction of sp³-hybridized carbons (Fsp3) is 0.593. The van der Waals surface area contributed by atoms with Gasteiger partial charge in [-0.1, -0.05) is 18.2 Å². The van der Waals surface area contributed by atoms with Gasteiger partial charge in [0, 0.05) is 19.0 Å². The van der Waals surface area contributed by atoms with Crippen molar-refractivity contribution in [3.63, 3.8) is 0 Å². The summed E-state index contributed by atoms with van der Waals surface area (Å²) in [5, 5.41) is 9.51. The van der Waals surface area contributed by atoms with Crippen LogP contribution in [-0.2, 0) is 11.0 Å². The predicted octanol–water partition coefficient (Wildman–Crippen LogP) is 7.61. The Hall–Kier alpha value is -2.49. The molecule has 0 radical (unpaired) electrons. The van der Waals surface area contributed by atoms with Crippen LogP contribution in [0.2, 0.25) is 0 Å².